The van der Waals surface area contributed by atoms with E-state index in [-0.39, 0.29) is 5.88 Å². The van der Waals surface area contributed by atoms with Crippen molar-refractivity contribution < 1.29 is 17.5 Å². The van der Waals surface area contributed by atoms with Crippen molar-refractivity contribution >= 4 is 26.7 Å². The number of aromatic nitrogens is 2. The summed E-state index contributed by atoms with van der Waals surface area (Å²) in [4.78, 5) is 17.5. The Morgan fingerprint density at radius 2 is 1.70 bits per heavy atom. The van der Waals surface area contributed by atoms with Crippen molar-refractivity contribution in [3.05, 3.63) is 65.0 Å². The zero-order valence-electron chi connectivity index (χ0n) is 11.5. The Kier molecular flexibility index (Phi) is 3.62. The van der Waals surface area contributed by atoms with Gasteiger partial charge in [-0.1, -0.05) is 24.3 Å². The molecule has 0 saturated carbocycles. The molecule has 3 aromatic rings. The topological polar surface area (TPSA) is 112 Å². The average Bonchev–Trinajstić information content (AvgIpc) is 2.55. The van der Waals surface area contributed by atoms with E-state index in [0.29, 0.717) is 10.9 Å². The largest absolute Gasteiger partial charge is 0.357 e. The number of nitro groups is 1. The van der Waals surface area contributed by atoms with Crippen LogP contribution in [0.5, 0.6) is 5.88 Å². The van der Waals surface area contributed by atoms with Crippen molar-refractivity contribution in [2.24, 2.45) is 0 Å². The van der Waals surface area contributed by atoms with Gasteiger partial charge in [-0.05, 0) is 18.2 Å². The highest BCUT2D eigenvalue weighted by atomic mass is 32.2. The lowest BCUT2D eigenvalue weighted by Crippen LogP contribution is -2.13. The molecule has 0 unspecified atom stereocenters. The van der Waals surface area contributed by atoms with Gasteiger partial charge in [-0.3, -0.25) is 10.1 Å². The molecule has 0 spiro atoms. The van der Waals surface area contributed by atoms with E-state index in [1.807, 2.05) is 0 Å². The standard InChI is InChI=1S/C14H9N3O5S/c18-17(19)12-7-3-4-8-13(12)23(20,21)22-14-10-5-1-2-6-11(10)15-9-16-14/h1-9H. The highest BCUT2D eigenvalue weighted by Gasteiger charge is 2.28. The van der Waals surface area contributed by atoms with E-state index < -0.39 is 25.6 Å². The smallest absolute Gasteiger partial charge is 0.347 e. The molecule has 1 aromatic heterocycles. The minimum Gasteiger partial charge on any atom is -0.357 e. The summed E-state index contributed by atoms with van der Waals surface area (Å²) in [6.07, 6.45) is 1.16. The van der Waals surface area contributed by atoms with Gasteiger partial charge < -0.3 is 4.18 Å². The van der Waals surface area contributed by atoms with Crippen molar-refractivity contribution in [3.8, 4) is 5.88 Å². The number of para-hydroxylation sites is 2. The Balaban J connectivity index is 2.10. The van der Waals surface area contributed by atoms with Crippen LogP contribution in [-0.2, 0) is 10.1 Å². The Hall–Kier alpha value is -3.07. The summed E-state index contributed by atoms with van der Waals surface area (Å²) < 4.78 is 29.8. The van der Waals surface area contributed by atoms with Gasteiger partial charge in [0.1, 0.15) is 6.33 Å². The van der Waals surface area contributed by atoms with Gasteiger partial charge in [0.05, 0.1) is 15.8 Å². The normalized spacial score (nSPS) is 11.3. The van der Waals surface area contributed by atoms with Crippen LogP contribution >= 0.6 is 0 Å². The van der Waals surface area contributed by atoms with Gasteiger partial charge in [0.15, 0.2) is 4.90 Å². The van der Waals surface area contributed by atoms with Crippen LogP contribution < -0.4 is 4.18 Å². The molecule has 9 heteroatoms. The molecule has 0 aliphatic carbocycles. The van der Waals surface area contributed by atoms with E-state index in [1.54, 1.807) is 24.3 Å². The second kappa shape index (κ2) is 5.61. The highest BCUT2D eigenvalue weighted by molar-refractivity contribution is 7.87. The lowest BCUT2D eigenvalue weighted by Gasteiger charge is -2.08. The van der Waals surface area contributed by atoms with E-state index in [1.165, 1.54) is 12.1 Å². The Morgan fingerprint density at radius 3 is 2.48 bits per heavy atom. The van der Waals surface area contributed by atoms with Crippen LogP contribution in [0.2, 0.25) is 0 Å². The van der Waals surface area contributed by atoms with Crippen LogP contribution in [0.15, 0.2) is 59.8 Å². The summed E-state index contributed by atoms with van der Waals surface area (Å²) in [5.41, 5.74) is -0.0684. The molecule has 23 heavy (non-hydrogen) atoms. The van der Waals surface area contributed by atoms with Gasteiger partial charge in [0.2, 0.25) is 5.88 Å². The summed E-state index contributed by atoms with van der Waals surface area (Å²) in [6.45, 7) is 0. The zero-order valence-corrected chi connectivity index (χ0v) is 12.3. The number of hydrogen-bond acceptors (Lipinski definition) is 7. The van der Waals surface area contributed by atoms with Crippen molar-refractivity contribution in [2.75, 3.05) is 0 Å². The van der Waals surface area contributed by atoms with E-state index >= 15 is 0 Å². The molecule has 0 aliphatic heterocycles. The first-order chi connectivity index (χ1) is 11.0. The maximum Gasteiger partial charge on any atom is 0.347 e. The molecule has 0 bridgehead atoms. The first kappa shape index (κ1) is 14.9. The van der Waals surface area contributed by atoms with Gasteiger partial charge in [-0.15, -0.1) is 0 Å². The first-order valence-corrected chi connectivity index (χ1v) is 7.77. The van der Waals surface area contributed by atoms with Gasteiger partial charge in [-0.25, -0.2) is 9.97 Å². The number of rotatable bonds is 4. The SMILES string of the molecule is O=[N+]([O-])c1ccccc1S(=O)(=O)Oc1ncnc2ccccc12. The molecule has 116 valence electrons. The van der Waals surface area contributed by atoms with Crippen molar-refractivity contribution in [1.82, 2.24) is 9.97 Å². The number of benzene rings is 2. The quantitative estimate of drug-likeness (QED) is 0.409. The fourth-order valence-corrected chi connectivity index (χ4v) is 3.09. The number of hydrogen-bond donors (Lipinski definition) is 0. The molecule has 0 fully saturated rings. The molecule has 8 nitrogen and oxygen atoms in total. The minimum absolute atomic E-state index is 0.186. The van der Waals surface area contributed by atoms with Gasteiger partial charge in [-0.2, -0.15) is 8.42 Å². The number of fused-ring (bicyclic) bond motifs is 1. The van der Waals surface area contributed by atoms with Crippen LogP contribution in [0.4, 0.5) is 5.69 Å². The second-order valence-electron chi connectivity index (χ2n) is 4.46. The molecule has 0 saturated heterocycles. The lowest BCUT2D eigenvalue weighted by atomic mass is 10.2. The van der Waals surface area contributed by atoms with Crippen molar-refractivity contribution in [1.29, 1.82) is 0 Å². The Labute approximate surface area is 130 Å². The maximum absolute atomic E-state index is 12.4. The Bertz CT molecular complexity index is 999. The minimum atomic E-state index is -4.41. The monoisotopic (exact) mass is 331 g/mol. The molecule has 0 atom stereocenters. The third-order valence-corrected chi connectivity index (χ3v) is 4.29. The third-order valence-electron chi connectivity index (χ3n) is 3.03. The van der Waals surface area contributed by atoms with E-state index in [0.717, 1.165) is 18.5 Å². The Morgan fingerprint density at radius 1 is 1.00 bits per heavy atom. The van der Waals surface area contributed by atoms with Crippen LogP contribution in [0, 0.1) is 10.1 Å². The fraction of sp³-hybridized carbons (Fsp3) is 0. The summed E-state index contributed by atoms with van der Waals surface area (Å²) in [5, 5.41) is 11.4. The average molecular weight is 331 g/mol. The molecule has 0 N–H and O–H groups in total. The van der Waals surface area contributed by atoms with E-state index in [2.05, 4.69) is 9.97 Å². The third kappa shape index (κ3) is 2.81. The summed E-state index contributed by atoms with van der Waals surface area (Å²) in [7, 11) is -4.41. The predicted molar refractivity (Wildman–Crippen MR) is 80.4 cm³/mol. The molecule has 3 rings (SSSR count). The number of nitrogens with zero attached hydrogens (tertiary/aromatic N) is 3. The maximum atomic E-state index is 12.4. The molecule has 0 radical (unpaired) electrons. The summed E-state index contributed by atoms with van der Waals surface area (Å²) >= 11 is 0. The highest BCUT2D eigenvalue weighted by Crippen LogP contribution is 2.28. The first-order valence-electron chi connectivity index (χ1n) is 6.37. The van der Waals surface area contributed by atoms with Crippen LogP contribution in [-0.4, -0.2) is 23.3 Å². The number of nitro benzene ring substituents is 1. The van der Waals surface area contributed by atoms with Crippen LogP contribution in [0.1, 0.15) is 0 Å². The van der Waals surface area contributed by atoms with Crippen molar-refractivity contribution in [2.45, 2.75) is 4.90 Å². The van der Waals surface area contributed by atoms with Crippen LogP contribution in [0.25, 0.3) is 10.9 Å². The second-order valence-corrected chi connectivity index (χ2v) is 5.97. The van der Waals surface area contributed by atoms with Gasteiger partial charge in [0, 0.05) is 6.07 Å². The van der Waals surface area contributed by atoms with Crippen molar-refractivity contribution in [3.63, 3.8) is 0 Å². The fourth-order valence-electron chi connectivity index (χ4n) is 2.01. The lowest BCUT2D eigenvalue weighted by molar-refractivity contribution is -0.387. The zero-order chi connectivity index (χ0) is 16.4. The molecule has 0 amide bonds. The molecular formula is C14H9N3O5S. The van der Waals surface area contributed by atoms with Gasteiger partial charge in [0.25, 0.3) is 5.69 Å². The van der Waals surface area contributed by atoms with Crippen LogP contribution in [0.3, 0.4) is 0 Å². The van der Waals surface area contributed by atoms with Gasteiger partial charge >= 0.3 is 10.1 Å². The van der Waals surface area contributed by atoms with E-state index in [9.17, 15) is 18.5 Å². The molecule has 2 aromatic carbocycles. The molecule has 0 aliphatic rings. The molecular weight excluding hydrogens is 322 g/mol. The predicted octanol–water partition coefficient (Wildman–Crippen LogP) is 2.31. The summed E-state index contributed by atoms with van der Waals surface area (Å²) in [6, 6.07) is 11.6. The summed E-state index contributed by atoms with van der Waals surface area (Å²) in [5.74, 6) is -0.186. The molecule has 1 heterocycles. The van der Waals surface area contributed by atoms with E-state index in [4.69, 9.17) is 4.18 Å².